The monoisotopic (exact) mass is 402 g/mol. The summed E-state index contributed by atoms with van der Waals surface area (Å²) in [6.45, 7) is 6.03. The first kappa shape index (κ1) is 22.9. The predicted molar refractivity (Wildman–Crippen MR) is 110 cm³/mol. The van der Waals surface area contributed by atoms with Crippen LogP contribution >= 0.6 is 24.2 Å². The Kier molecular flexibility index (Phi) is 10.9. The third kappa shape index (κ3) is 6.89. The standard InChI is InChI=1S/C19H30N2O3S.ClH/c1-4-20-14-15-7-10-21(11-8-15)19(22)9-12-25-16-5-6-17(23-2)18(13-16)24-3;/h5-6,13,15,20H,4,7-12,14H2,1-3H3;1H. The van der Waals surface area contributed by atoms with Gasteiger partial charge in [0.25, 0.3) is 0 Å². The van der Waals surface area contributed by atoms with Gasteiger partial charge in [0.2, 0.25) is 5.91 Å². The molecule has 2 rings (SSSR count). The fourth-order valence-electron chi connectivity index (χ4n) is 3.06. The van der Waals surface area contributed by atoms with Crippen molar-refractivity contribution in [2.45, 2.75) is 31.1 Å². The van der Waals surface area contributed by atoms with Crippen molar-refractivity contribution in [2.24, 2.45) is 5.92 Å². The number of hydrogen-bond donors (Lipinski definition) is 1. The second-order valence-electron chi connectivity index (χ2n) is 6.25. The maximum absolute atomic E-state index is 12.4. The summed E-state index contributed by atoms with van der Waals surface area (Å²) in [4.78, 5) is 15.5. The zero-order valence-corrected chi connectivity index (χ0v) is 17.6. The molecule has 0 aromatic heterocycles. The summed E-state index contributed by atoms with van der Waals surface area (Å²) in [5, 5.41) is 3.41. The summed E-state index contributed by atoms with van der Waals surface area (Å²) in [6.07, 6.45) is 2.81. The second kappa shape index (κ2) is 12.3. The first-order chi connectivity index (χ1) is 12.2. The molecule has 5 nitrogen and oxygen atoms in total. The van der Waals surface area contributed by atoms with E-state index in [-0.39, 0.29) is 18.3 Å². The van der Waals surface area contributed by atoms with Crippen LogP contribution in [0.3, 0.4) is 0 Å². The molecule has 7 heteroatoms. The topological polar surface area (TPSA) is 50.8 Å². The first-order valence-corrected chi connectivity index (χ1v) is 9.99. The normalized spacial score (nSPS) is 14.7. The van der Waals surface area contributed by atoms with Crippen molar-refractivity contribution in [1.29, 1.82) is 0 Å². The van der Waals surface area contributed by atoms with Crippen molar-refractivity contribution >= 4 is 30.1 Å². The van der Waals surface area contributed by atoms with Crippen molar-refractivity contribution in [3.05, 3.63) is 18.2 Å². The number of rotatable bonds is 9. The number of benzene rings is 1. The van der Waals surface area contributed by atoms with Crippen LogP contribution in [0.5, 0.6) is 11.5 Å². The van der Waals surface area contributed by atoms with Gasteiger partial charge in [0.05, 0.1) is 14.2 Å². The van der Waals surface area contributed by atoms with Crippen LogP contribution in [0.15, 0.2) is 23.1 Å². The van der Waals surface area contributed by atoms with Crippen LogP contribution < -0.4 is 14.8 Å². The van der Waals surface area contributed by atoms with E-state index in [1.165, 1.54) is 0 Å². The number of piperidine rings is 1. The Morgan fingerprint density at radius 3 is 2.54 bits per heavy atom. The van der Waals surface area contributed by atoms with Gasteiger partial charge >= 0.3 is 0 Å². The fourth-order valence-corrected chi connectivity index (χ4v) is 3.92. The van der Waals surface area contributed by atoms with Crippen LogP contribution in [0.2, 0.25) is 0 Å². The number of carbonyl (C=O) groups excluding carboxylic acids is 1. The molecule has 0 bridgehead atoms. The van der Waals surface area contributed by atoms with Crippen LogP contribution in [-0.4, -0.2) is 57.0 Å². The van der Waals surface area contributed by atoms with Gasteiger partial charge in [-0.2, -0.15) is 0 Å². The van der Waals surface area contributed by atoms with Crippen molar-refractivity contribution in [3.63, 3.8) is 0 Å². The van der Waals surface area contributed by atoms with E-state index in [9.17, 15) is 4.79 Å². The number of halogens is 1. The van der Waals surface area contributed by atoms with E-state index in [1.807, 2.05) is 23.1 Å². The van der Waals surface area contributed by atoms with Crippen LogP contribution in [0.4, 0.5) is 0 Å². The lowest BCUT2D eigenvalue weighted by Gasteiger charge is -2.32. The lowest BCUT2D eigenvalue weighted by molar-refractivity contribution is -0.132. The van der Waals surface area contributed by atoms with Gasteiger partial charge in [0.15, 0.2) is 11.5 Å². The minimum Gasteiger partial charge on any atom is -0.493 e. The molecule has 0 radical (unpaired) electrons. The Labute approximate surface area is 167 Å². The summed E-state index contributed by atoms with van der Waals surface area (Å²) in [6, 6.07) is 5.86. The van der Waals surface area contributed by atoms with Crippen LogP contribution in [0.1, 0.15) is 26.2 Å². The Morgan fingerprint density at radius 2 is 1.92 bits per heavy atom. The SMILES string of the molecule is CCNCC1CCN(C(=O)CCSc2ccc(OC)c(OC)c2)CC1.Cl. The lowest BCUT2D eigenvalue weighted by atomic mass is 9.96. The summed E-state index contributed by atoms with van der Waals surface area (Å²) < 4.78 is 10.6. The van der Waals surface area contributed by atoms with Gasteiger partial charge in [-0.1, -0.05) is 6.92 Å². The quantitative estimate of drug-likeness (QED) is 0.641. The largest absolute Gasteiger partial charge is 0.493 e. The molecular weight excluding hydrogens is 372 g/mol. The first-order valence-electron chi connectivity index (χ1n) is 9.01. The van der Waals surface area contributed by atoms with Gasteiger partial charge < -0.3 is 19.7 Å². The van der Waals surface area contributed by atoms with Gasteiger partial charge in [-0.15, -0.1) is 24.2 Å². The van der Waals surface area contributed by atoms with Crippen molar-refractivity contribution in [1.82, 2.24) is 10.2 Å². The molecule has 0 saturated carbocycles. The van der Waals surface area contributed by atoms with Crippen LogP contribution in [0.25, 0.3) is 0 Å². The maximum Gasteiger partial charge on any atom is 0.223 e. The van der Waals surface area contributed by atoms with Gasteiger partial charge in [0, 0.05) is 30.2 Å². The molecule has 0 unspecified atom stereocenters. The molecule has 1 aliphatic heterocycles. The highest BCUT2D eigenvalue weighted by atomic mass is 35.5. The number of nitrogens with one attached hydrogen (secondary N) is 1. The zero-order chi connectivity index (χ0) is 18.1. The molecule has 1 N–H and O–H groups in total. The molecular formula is C19H31ClN2O3S. The summed E-state index contributed by atoms with van der Waals surface area (Å²) in [5.41, 5.74) is 0. The molecule has 1 aromatic rings. The average molecular weight is 403 g/mol. The smallest absolute Gasteiger partial charge is 0.223 e. The molecule has 1 fully saturated rings. The number of methoxy groups -OCH3 is 2. The van der Waals surface area contributed by atoms with Crippen molar-refractivity contribution < 1.29 is 14.3 Å². The molecule has 1 amide bonds. The molecule has 1 aliphatic rings. The van der Waals surface area contributed by atoms with Gasteiger partial charge in [-0.05, 0) is 50.0 Å². The molecule has 0 atom stereocenters. The molecule has 148 valence electrons. The van der Waals surface area contributed by atoms with Gasteiger partial charge in [-0.25, -0.2) is 0 Å². The summed E-state index contributed by atoms with van der Waals surface area (Å²) in [7, 11) is 3.26. The van der Waals surface area contributed by atoms with Crippen LogP contribution in [-0.2, 0) is 4.79 Å². The number of ether oxygens (including phenoxy) is 2. The Morgan fingerprint density at radius 1 is 1.23 bits per heavy atom. The minimum absolute atomic E-state index is 0. The molecule has 26 heavy (non-hydrogen) atoms. The van der Waals surface area contributed by atoms with E-state index in [0.717, 1.165) is 61.2 Å². The number of carbonyl (C=O) groups is 1. The minimum atomic E-state index is 0. The summed E-state index contributed by atoms with van der Waals surface area (Å²) >= 11 is 1.68. The number of nitrogens with zero attached hydrogens (tertiary/aromatic N) is 1. The molecule has 0 aliphatic carbocycles. The number of thioether (sulfide) groups is 1. The third-order valence-electron chi connectivity index (χ3n) is 4.59. The van der Waals surface area contributed by atoms with Gasteiger partial charge in [0.1, 0.15) is 0 Å². The van der Waals surface area contributed by atoms with E-state index in [2.05, 4.69) is 12.2 Å². The highest BCUT2D eigenvalue weighted by Gasteiger charge is 2.22. The third-order valence-corrected chi connectivity index (χ3v) is 5.59. The van der Waals surface area contributed by atoms with Crippen molar-refractivity contribution in [3.8, 4) is 11.5 Å². The predicted octanol–water partition coefficient (Wildman–Crippen LogP) is 3.46. The van der Waals surface area contributed by atoms with E-state index in [0.29, 0.717) is 12.3 Å². The number of hydrogen-bond acceptors (Lipinski definition) is 5. The van der Waals surface area contributed by atoms with E-state index >= 15 is 0 Å². The zero-order valence-electron chi connectivity index (χ0n) is 16.0. The van der Waals surface area contributed by atoms with Crippen molar-refractivity contribution in [2.75, 3.05) is 46.2 Å². The maximum atomic E-state index is 12.4. The highest BCUT2D eigenvalue weighted by molar-refractivity contribution is 7.99. The fraction of sp³-hybridized carbons (Fsp3) is 0.632. The number of likely N-dealkylation sites (tertiary alicyclic amines) is 1. The summed E-state index contributed by atoms with van der Waals surface area (Å²) in [5.74, 6) is 3.22. The molecule has 1 aromatic carbocycles. The van der Waals surface area contributed by atoms with Gasteiger partial charge in [-0.3, -0.25) is 4.79 Å². The lowest BCUT2D eigenvalue weighted by Crippen LogP contribution is -2.40. The van der Waals surface area contributed by atoms with E-state index in [4.69, 9.17) is 9.47 Å². The van der Waals surface area contributed by atoms with E-state index in [1.54, 1.807) is 26.0 Å². The Balaban J connectivity index is 0.00000338. The molecule has 1 saturated heterocycles. The Hall–Kier alpha value is -1.11. The molecule has 1 heterocycles. The highest BCUT2D eigenvalue weighted by Crippen LogP contribution is 2.32. The molecule has 0 spiro atoms. The second-order valence-corrected chi connectivity index (χ2v) is 7.42. The average Bonchev–Trinajstić information content (AvgIpc) is 2.66. The van der Waals surface area contributed by atoms with E-state index < -0.39 is 0 Å². The van der Waals surface area contributed by atoms with Crippen LogP contribution in [0, 0.1) is 5.92 Å². The Bertz CT molecular complexity index is 552. The number of amides is 1.